The Balaban J connectivity index is 0.000000350. The molecular formula is C79H64N2. The van der Waals surface area contributed by atoms with Crippen molar-refractivity contribution in [2.75, 3.05) is 4.90 Å². The molecular weight excluding hydrogens is 977 g/mol. The molecule has 0 spiro atoms. The molecule has 0 radical (unpaired) electrons. The van der Waals surface area contributed by atoms with E-state index in [0.29, 0.717) is 11.5 Å². The third-order valence-electron chi connectivity index (χ3n) is 16.5. The van der Waals surface area contributed by atoms with Crippen LogP contribution in [-0.4, -0.2) is 0 Å². The van der Waals surface area contributed by atoms with Crippen LogP contribution in [0.5, 0.6) is 0 Å². The first-order valence-electron chi connectivity index (χ1n) is 28.2. The molecule has 0 saturated carbocycles. The highest BCUT2D eigenvalue weighted by atomic mass is 15.1. The zero-order valence-corrected chi connectivity index (χ0v) is 47.0. The fraction of sp³-hybridized carbons (Fsp3) is 0.101. The molecule has 13 rings (SSSR count). The van der Waals surface area contributed by atoms with Crippen molar-refractivity contribution in [2.24, 2.45) is 0 Å². The minimum absolute atomic E-state index is 0.566. The van der Waals surface area contributed by atoms with Gasteiger partial charge in [-0.3, -0.25) is 0 Å². The summed E-state index contributed by atoms with van der Waals surface area (Å²) in [5.41, 5.74) is 26.6. The van der Waals surface area contributed by atoms with Crippen LogP contribution >= 0.6 is 0 Å². The Labute approximate surface area is 478 Å². The van der Waals surface area contributed by atoms with Gasteiger partial charge in [-0.2, -0.15) is 5.26 Å². The number of rotatable bonds is 10. The maximum Gasteiger partial charge on any atom is 0.0992 e. The maximum atomic E-state index is 10.3. The third-order valence-corrected chi connectivity index (χ3v) is 16.5. The maximum absolute atomic E-state index is 10.3. The highest BCUT2D eigenvalue weighted by Gasteiger charge is 2.47. The molecule has 2 heteroatoms. The van der Waals surface area contributed by atoms with Gasteiger partial charge in [-0.05, 0) is 176 Å². The van der Waals surface area contributed by atoms with Crippen LogP contribution in [0.15, 0.2) is 273 Å². The van der Waals surface area contributed by atoms with Crippen molar-refractivity contribution in [2.45, 2.75) is 52.9 Å². The van der Waals surface area contributed by atoms with Gasteiger partial charge in [0.25, 0.3) is 0 Å². The standard InChI is InChI=1S/C63H46N2.C16H18/c1-42-25-35-58-59(37-42)63(50-30-26-48(27-31-50)46-17-6-4-7-18-46,51-32-28-49(29-33-51)47-19-8-5-9-20-47)60-40-61(56-23-12-13-24-57(56)62(58)60)65(52-21-14-16-45(39-52)41-64)53-34-36-55(44(3)38-53)54-22-11-10-15-43(54)2;1-12(2)14-9-6-7-11-16(14)15-10-5-4-8-13(15)3/h4-40H,1-3H3;4-12H,1-3H3. The number of hydrogen-bond donors (Lipinski definition) is 0. The van der Waals surface area contributed by atoms with Crippen LogP contribution in [0.4, 0.5) is 17.1 Å². The molecule has 0 atom stereocenters. The number of fused-ring (bicyclic) bond motifs is 5. The number of anilines is 3. The van der Waals surface area contributed by atoms with E-state index < -0.39 is 5.41 Å². The predicted octanol–water partition coefficient (Wildman–Crippen LogP) is 21.3. The summed E-state index contributed by atoms with van der Waals surface area (Å²) in [5.74, 6) is 0.566. The molecule has 0 aliphatic heterocycles. The Bertz CT molecular complexity index is 4210. The van der Waals surface area contributed by atoms with E-state index in [1.165, 1.54) is 111 Å². The van der Waals surface area contributed by atoms with Gasteiger partial charge < -0.3 is 4.90 Å². The summed E-state index contributed by atoms with van der Waals surface area (Å²) in [6.45, 7) is 13.3. The topological polar surface area (TPSA) is 27.0 Å². The monoisotopic (exact) mass is 1040 g/mol. The highest BCUT2D eigenvalue weighted by molar-refractivity contribution is 6.11. The Kier molecular flexibility index (Phi) is 14.2. The molecule has 81 heavy (non-hydrogen) atoms. The smallest absolute Gasteiger partial charge is 0.0992 e. The van der Waals surface area contributed by atoms with E-state index in [1.54, 1.807) is 0 Å². The summed E-state index contributed by atoms with van der Waals surface area (Å²) >= 11 is 0. The molecule has 1 aliphatic carbocycles. The van der Waals surface area contributed by atoms with Crippen molar-refractivity contribution in [1.82, 2.24) is 0 Å². The summed E-state index contributed by atoms with van der Waals surface area (Å²) in [5, 5.41) is 12.6. The Morgan fingerprint density at radius 3 is 1.44 bits per heavy atom. The van der Waals surface area contributed by atoms with Gasteiger partial charge in [0.15, 0.2) is 0 Å². The predicted molar refractivity (Wildman–Crippen MR) is 342 cm³/mol. The molecule has 0 heterocycles. The second-order valence-corrected chi connectivity index (χ2v) is 21.9. The third kappa shape index (κ3) is 9.62. The fourth-order valence-corrected chi connectivity index (χ4v) is 12.6. The Hall–Kier alpha value is -9.81. The first kappa shape index (κ1) is 51.9. The molecule has 390 valence electrons. The van der Waals surface area contributed by atoms with Crippen molar-refractivity contribution < 1.29 is 0 Å². The van der Waals surface area contributed by atoms with E-state index >= 15 is 0 Å². The lowest BCUT2D eigenvalue weighted by molar-refractivity contribution is 0.768. The van der Waals surface area contributed by atoms with Crippen molar-refractivity contribution in [3.05, 3.63) is 329 Å². The molecule has 0 fully saturated rings. The van der Waals surface area contributed by atoms with Crippen LogP contribution in [0.3, 0.4) is 0 Å². The van der Waals surface area contributed by atoms with Crippen molar-refractivity contribution >= 4 is 27.8 Å². The van der Waals surface area contributed by atoms with Gasteiger partial charge in [0, 0.05) is 16.8 Å². The first-order valence-corrected chi connectivity index (χ1v) is 28.2. The average molecular weight is 1040 g/mol. The summed E-state index contributed by atoms with van der Waals surface area (Å²) in [6, 6.07) is 101. The summed E-state index contributed by atoms with van der Waals surface area (Å²) in [7, 11) is 0. The fourth-order valence-electron chi connectivity index (χ4n) is 12.6. The van der Waals surface area contributed by atoms with Crippen molar-refractivity contribution in [3.8, 4) is 61.7 Å². The summed E-state index contributed by atoms with van der Waals surface area (Å²) in [6.07, 6.45) is 0. The number of benzene rings is 12. The Morgan fingerprint density at radius 1 is 0.370 bits per heavy atom. The van der Waals surface area contributed by atoms with E-state index in [0.717, 1.165) is 22.4 Å². The number of aryl methyl sites for hydroxylation is 4. The highest BCUT2D eigenvalue weighted by Crippen LogP contribution is 2.60. The van der Waals surface area contributed by atoms with Crippen LogP contribution in [0.1, 0.15) is 75.4 Å². The molecule has 2 nitrogen and oxygen atoms in total. The molecule has 12 aromatic rings. The number of nitrogens with zero attached hydrogens (tertiary/aromatic N) is 2. The molecule has 0 bridgehead atoms. The summed E-state index contributed by atoms with van der Waals surface area (Å²) < 4.78 is 0. The molecule has 0 N–H and O–H groups in total. The van der Waals surface area contributed by atoms with Crippen LogP contribution in [-0.2, 0) is 5.41 Å². The lowest BCUT2D eigenvalue weighted by Crippen LogP contribution is -2.29. The minimum atomic E-state index is -0.690. The lowest BCUT2D eigenvalue weighted by atomic mass is 9.67. The summed E-state index contributed by atoms with van der Waals surface area (Å²) in [4.78, 5) is 2.37. The van der Waals surface area contributed by atoms with E-state index in [1.807, 2.05) is 18.2 Å². The molecule has 0 unspecified atom stereocenters. The van der Waals surface area contributed by atoms with Gasteiger partial charge >= 0.3 is 0 Å². The zero-order chi connectivity index (χ0) is 55.6. The molecule has 0 amide bonds. The van der Waals surface area contributed by atoms with Crippen LogP contribution in [0.25, 0.3) is 66.4 Å². The van der Waals surface area contributed by atoms with Crippen LogP contribution in [0.2, 0.25) is 0 Å². The zero-order valence-electron chi connectivity index (χ0n) is 47.0. The van der Waals surface area contributed by atoms with Crippen molar-refractivity contribution in [1.29, 1.82) is 5.26 Å². The molecule has 12 aromatic carbocycles. The van der Waals surface area contributed by atoms with Gasteiger partial charge in [0.05, 0.1) is 22.7 Å². The van der Waals surface area contributed by atoms with Crippen molar-refractivity contribution in [3.63, 3.8) is 0 Å². The second kappa shape index (κ2) is 22.1. The van der Waals surface area contributed by atoms with Crippen LogP contribution in [0, 0.1) is 39.0 Å². The van der Waals surface area contributed by atoms with Crippen LogP contribution < -0.4 is 4.90 Å². The number of nitriles is 1. The minimum Gasteiger partial charge on any atom is -0.310 e. The number of hydrogen-bond acceptors (Lipinski definition) is 2. The van der Waals surface area contributed by atoms with Gasteiger partial charge in [0.1, 0.15) is 0 Å². The van der Waals surface area contributed by atoms with Gasteiger partial charge in [-0.25, -0.2) is 0 Å². The van der Waals surface area contributed by atoms with E-state index in [9.17, 15) is 5.26 Å². The van der Waals surface area contributed by atoms with E-state index in [4.69, 9.17) is 0 Å². The van der Waals surface area contributed by atoms with E-state index in [-0.39, 0.29) is 0 Å². The Morgan fingerprint density at radius 2 is 0.864 bits per heavy atom. The molecule has 0 aromatic heterocycles. The van der Waals surface area contributed by atoms with Gasteiger partial charge in [-0.15, -0.1) is 0 Å². The lowest BCUT2D eigenvalue weighted by Gasteiger charge is -2.36. The molecule has 1 aliphatic rings. The first-order chi connectivity index (χ1) is 39.6. The van der Waals surface area contributed by atoms with Gasteiger partial charge in [0.2, 0.25) is 0 Å². The largest absolute Gasteiger partial charge is 0.310 e. The quantitative estimate of drug-likeness (QED) is 0.136. The van der Waals surface area contributed by atoms with Gasteiger partial charge in [-0.1, -0.05) is 256 Å². The average Bonchev–Trinajstić information content (AvgIpc) is 2.34. The SMILES string of the molecule is Cc1ccc2c(c1)C(c1ccc(-c3ccccc3)cc1)(c1ccc(-c3ccccc3)cc1)c1cc(N(c3cccc(C#N)c3)c3ccc(-c4ccccc4C)c(C)c3)c3ccccc3c1-2.Cc1ccccc1-c1ccccc1C(C)C. The van der Waals surface area contributed by atoms with E-state index in [2.05, 4.69) is 307 Å². The normalized spacial score (nSPS) is 12.0. The second-order valence-electron chi connectivity index (χ2n) is 21.9. The molecule has 0 saturated heterocycles.